The Morgan fingerprint density at radius 1 is 1.09 bits per heavy atom. The number of aliphatic hydroxyl groups excluding tert-OH is 1. The molecule has 4 atom stereocenters. The van der Waals surface area contributed by atoms with Gasteiger partial charge in [-0.25, -0.2) is 0 Å². The molecule has 2 aliphatic carbocycles. The summed E-state index contributed by atoms with van der Waals surface area (Å²) in [7, 11) is 0. The summed E-state index contributed by atoms with van der Waals surface area (Å²) in [5.74, 6) is 3.27. The van der Waals surface area contributed by atoms with Crippen molar-refractivity contribution in [1.82, 2.24) is 0 Å². The lowest BCUT2D eigenvalue weighted by molar-refractivity contribution is 0.0843. The molecule has 0 aromatic heterocycles. The maximum absolute atomic E-state index is 9.52. The molecule has 0 spiro atoms. The molecule has 0 aromatic rings. The third-order valence-electron chi connectivity index (χ3n) is 3.73. The first-order chi connectivity index (χ1) is 5.18. The Bertz CT molecular complexity index is 151. The molecule has 2 aliphatic rings. The fourth-order valence-corrected chi connectivity index (χ4v) is 3.11. The predicted octanol–water partition coefficient (Wildman–Crippen LogP) is 2.05. The zero-order valence-electron chi connectivity index (χ0n) is 7.46. The Balaban J connectivity index is 2.02. The standard InChI is InChI=1S/C10H18O/c1-6(2)9-4-8-3-7(9)5-10(8)11/h6-11H,3-5H2,1-2H3. The summed E-state index contributed by atoms with van der Waals surface area (Å²) >= 11 is 0. The van der Waals surface area contributed by atoms with Gasteiger partial charge in [-0.3, -0.25) is 0 Å². The van der Waals surface area contributed by atoms with Crippen LogP contribution in [0.4, 0.5) is 0 Å². The van der Waals surface area contributed by atoms with Crippen molar-refractivity contribution in [2.75, 3.05) is 0 Å². The average Bonchev–Trinajstić information content (AvgIpc) is 2.43. The molecular formula is C10H18O. The molecule has 1 N–H and O–H groups in total. The Morgan fingerprint density at radius 3 is 2.18 bits per heavy atom. The molecule has 0 amide bonds. The highest BCUT2D eigenvalue weighted by molar-refractivity contribution is 4.95. The van der Waals surface area contributed by atoms with Crippen LogP contribution in [0.15, 0.2) is 0 Å². The minimum atomic E-state index is 0.0509. The van der Waals surface area contributed by atoms with Crippen molar-refractivity contribution in [1.29, 1.82) is 0 Å². The van der Waals surface area contributed by atoms with Gasteiger partial charge in [-0.1, -0.05) is 13.8 Å². The van der Waals surface area contributed by atoms with Crippen molar-refractivity contribution < 1.29 is 5.11 Å². The molecule has 2 rings (SSSR count). The smallest absolute Gasteiger partial charge is 0.0571 e. The van der Waals surface area contributed by atoms with Gasteiger partial charge in [-0.2, -0.15) is 0 Å². The van der Waals surface area contributed by atoms with Crippen LogP contribution in [0.5, 0.6) is 0 Å². The summed E-state index contributed by atoms with van der Waals surface area (Å²) in [6.45, 7) is 4.63. The molecule has 0 heterocycles. The zero-order valence-corrected chi connectivity index (χ0v) is 7.46. The average molecular weight is 154 g/mol. The number of fused-ring (bicyclic) bond motifs is 2. The van der Waals surface area contributed by atoms with Crippen molar-refractivity contribution in [3.8, 4) is 0 Å². The fraction of sp³-hybridized carbons (Fsp3) is 1.00. The van der Waals surface area contributed by atoms with Crippen LogP contribution in [0, 0.1) is 23.7 Å². The van der Waals surface area contributed by atoms with Gasteiger partial charge in [0.1, 0.15) is 0 Å². The van der Waals surface area contributed by atoms with E-state index < -0.39 is 0 Å². The molecule has 1 heteroatoms. The van der Waals surface area contributed by atoms with Crippen molar-refractivity contribution in [3.05, 3.63) is 0 Å². The number of hydrogen-bond donors (Lipinski definition) is 1. The lowest BCUT2D eigenvalue weighted by atomic mass is 9.80. The summed E-state index contributed by atoms with van der Waals surface area (Å²) in [5, 5.41) is 9.52. The summed E-state index contributed by atoms with van der Waals surface area (Å²) in [6.07, 6.45) is 3.75. The molecule has 2 fully saturated rings. The Kier molecular flexibility index (Phi) is 1.71. The largest absolute Gasteiger partial charge is 0.393 e. The van der Waals surface area contributed by atoms with Crippen LogP contribution in [0.3, 0.4) is 0 Å². The third kappa shape index (κ3) is 1.10. The van der Waals surface area contributed by atoms with E-state index in [2.05, 4.69) is 13.8 Å². The second kappa shape index (κ2) is 2.48. The first kappa shape index (κ1) is 7.60. The van der Waals surface area contributed by atoms with E-state index in [4.69, 9.17) is 0 Å². The van der Waals surface area contributed by atoms with Gasteiger partial charge >= 0.3 is 0 Å². The SMILES string of the molecule is CC(C)C1CC2CC1CC2O. The molecular weight excluding hydrogens is 136 g/mol. The molecule has 4 unspecified atom stereocenters. The highest BCUT2D eigenvalue weighted by atomic mass is 16.3. The molecule has 2 bridgehead atoms. The number of rotatable bonds is 1. The maximum Gasteiger partial charge on any atom is 0.0571 e. The summed E-state index contributed by atoms with van der Waals surface area (Å²) in [5.41, 5.74) is 0. The van der Waals surface area contributed by atoms with Crippen LogP contribution in [-0.4, -0.2) is 11.2 Å². The van der Waals surface area contributed by atoms with Crippen LogP contribution < -0.4 is 0 Å². The van der Waals surface area contributed by atoms with Gasteiger partial charge in [0.05, 0.1) is 6.10 Å². The minimum Gasteiger partial charge on any atom is -0.393 e. The first-order valence-electron chi connectivity index (χ1n) is 4.86. The van der Waals surface area contributed by atoms with Gasteiger partial charge in [0.2, 0.25) is 0 Å². The normalized spacial score (nSPS) is 49.1. The van der Waals surface area contributed by atoms with Gasteiger partial charge in [0.25, 0.3) is 0 Å². The van der Waals surface area contributed by atoms with Crippen LogP contribution in [0.2, 0.25) is 0 Å². The Morgan fingerprint density at radius 2 is 1.82 bits per heavy atom. The molecule has 0 aromatic carbocycles. The number of hydrogen-bond acceptors (Lipinski definition) is 1. The molecule has 0 saturated heterocycles. The van der Waals surface area contributed by atoms with Gasteiger partial charge in [-0.05, 0) is 42.9 Å². The highest BCUT2D eigenvalue weighted by Crippen LogP contribution is 2.50. The van der Waals surface area contributed by atoms with E-state index >= 15 is 0 Å². The lowest BCUT2D eigenvalue weighted by Crippen LogP contribution is -2.24. The highest BCUT2D eigenvalue weighted by Gasteiger charge is 2.45. The van der Waals surface area contributed by atoms with E-state index in [1.807, 2.05) is 0 Å². The van der Waals surface area contributed by atoms with Crippen molar-refractivity contribution in [3.63, 3.8) is 0 Å². The monoisotopic (exact) mass is 154 g/mol. The topological polar surface area (TPSA) is 20.2 Å². The predicted molar refractivity (Wildman–Crippen MR) is 45.2 cm³/mol. The Labute approximate surface area is 68.8 Å². The van der Waals surface area contributed by atoms with Crippen LogP contribution in [0.25, 0.3) is 0 Å². The molecule has 0 radical (unpaired) electrons. The summed E-state index contributed by atoms with van der Waals surface area (Å²) < 4.78 is 0. The third-order valence-corrected chi connectivity index (χ3v) is 3.73. The van der Waals surface area contributed by atoms with Crippen molar-refractivity contribution in [2.24, 2.45) is 23.7 Å². The first-order valence-corrected chi connectivity index (χ1v) is 4.86. The minimum absolute atomic E-state index is 0.0509. The van der Waals surface area contributed by atoms with Gasteiger partial charge < -0.3 is 5.11 Å². The molecule has 1 nitrogen and oxygen atoms in total. The van der Waals surface area contributed by atoms with Gasteiger partial charge in [0.15, 0.2) is 0 Å². The van der Waals surface area contributed by atoms with Gasteiger partial charge in [0, 0.05) is 0 Å². The Hall–Kier alpha value is -0.0400. The maximum atomic E-state index is 9.52. The van der Waals surface area contributed by atoms with E-state index in [0.717, 1.165) is 24.2 Å². The quantitative estimate of drug-likeness (QED) is 0.613. The molecule has 11 heavy (non-hydrogen) atoms. The van der Waals surface area contributed by atoms with Gasteiger partial charge in [-0.15, -0.1) is 0 Å². The molecule has 2 saturated carbocycles. The van der Waals surface area contributed by atoms with E-state index in [9.17, 15) is 5.11 Å². The zero-order chi connectivity index (χ0) is 8.01. The second-order valence-electron chi connectivity index (χ2n) is 4.70. The van der Waals surface area contributed by atoms with E-state index in [-0.39, 0.29) is 6.10 Å². The molecule has 0 aliphatic heterocycles. The summed E-state index contributed by atoms with van der Waals surface area (Å²) in [4.78, 5) is 0. The lowest BCUT2D eigenvalue weighted by Gasteiger charge is -2.27. The molecule has 64 valence electrons. The van der Waals surface area contributed by atoms with E-state index in [0.29, 0.717) is 5.92 Å². The fourth-order valence-electron chi connectivity index (χ4n) is 3.11. The second-order valence-corrected chi connectivity index (χ2v) is 4.70. The van der Waals surface area contributed by atoms with Crippen LogP contribution >= 0.6 is 0 Å². The summed E-state index contributed by atoms with van der Waals surface area (Å²) in [6, 6.07) is 0. The van der Waals surface area contributed by atoms with Crippen LogP contribution in [0.1, 0.15) is 33.1 Å². The van der Waals surface area contributed by atoms with Crippen molar-refractivity contribution >= 4 is 0 Å². The van der Waals surface area contributed by atoms with E-state index in [1.165, 1.54) is 12.8 Å². The van der Waals surface area contributed by atoms with Crippen molar-refractivity contribution in [2.45, 2.75) is 39.2 Å². The van der Waals surface area contributed by atoms with Crippen LogP contribution in [-0.2, 0) is 0 Å². The number of aliphatic hydroxyl groups is 1. The van der Waals surface area contributed by atoms with E-state index in [1.54, 1.807) is 0 Å².